The lowest BCUT2D eigenvalue weighted by Gasteiger charge is -2.46. The number of anilines is 2. The second-order valence-electron chi connectivity index (χ2n) is 10.0. The SMILES string of the molecule is CCOC(=O)[C@H]1CN(C(=O)Nc2ccc3c(c2)OCO3)[C@]2(C)C(=O)N(CC3CC3)c3ccccc3[C@H]12. The number of hydrogen-bond donors (Lipinski definition) is 1. The lowest BCUT2D eigenvalue weighted by Crippen LogP contribution is -2.62. The van der Waals surface area contributed by atoms with Gasteiger partial charge in [-0.05, 0) is 56.4 Å². The Balaban J connectivity index is 1.39. The molecule has 0 radical (unpaired) electrons. The predicted molar refractivity (Wildman–Crippen MR) is 131 cm³/mol. The summed E-state index contributed by atoms with van der Waals surface area (Å²) in [5.41, 5.74) is 0.990. The third kappa shape index (κ3) is 3.48. The third-order valence-electron chi connectivity index (χ3n) is 7.78. The number of rotatable bonds is 5. The van der Waals surface area contributed by atoms with E-state index in [4.69, 9.17) is 14.2 Å². The maximum atomic E-state index is 14.2. The number of fused-ring (bicyclic) bond motifs is 4. The highest BCUT2D eigenvalue weighted by molar-refractivity contribution is 6.08. The van der Waals surface area contributed by atoms with E-state index in [-0.39, 0.29) is 25.9 Å². The summed E-state index contributed by atoms with van der Waals surface area (Å²) in [6, 6.07) is 12.4. The molecule has 3 heterocycles. The first kappa shape index (κ1) is 22.7. The zero-order valence-corrected chi connectivity index (χ0v) is 20.4. The summed E-state index contributed by atoms with van der Waals surface area (Å²) in [6.45, 7) is 4.59. The minimum Gasteiger partial charge on any atom is -0.466 e. The van der Waals surface area contributed by atoms with Gasteiger partial charge in [0.1, 0.15) is 5.54 Å². The Morgan fingerprint density at radius 3 is 2.69 bits per heavy atom. The van der Waals surface area contributed by atoms with E-state index in [1.54, 1.807) is 32.0 Å². The molecule has 1 aliphatic carbocycles. The first-order valence-corrected chi connectivity index (χ1v) is 12.5. The van der Waals surface area contributed by atoms with Crippen molar-refractivity contribution in [2.75, 3.05) is 36.7 Å². The topological polar surface area (TPSA) is 97.4 Å². The van der Waals surface area contributed by atoms with E-state index in [2.05, 4.69) is 5.32 Å². The van der Waals surface area contributed by atoms with Gasteiger partial charge in [-0.2, -0.15) is 0 Å². The van der Waals surface area contributed by atoms with Gasteiger partial charge in [-0.3, -0.25) is 9.59 Å². The molecule has 9 heteroatoms. The van der Waals surface area contributed by atoms with Crippen LogP contribution in [0, 0.1) is 11.8 Å². The number of nitrogens with zero attached hydrogens (tertiary/aromatic N) is 2. The number of esters is 1. The van der Waals surface area contributed by atoms with E-state index in [0.29, 0.717) is 29.6 Å². The minimum absolute atomic E-state index is 0.0771. The fourth-order valence-corrected chi connectivity index (χ4v) is 5.86. The van der Waals surface area contributed by atoms with Crippen molar-refractivity contribution in [3.63, 3.8) is 0 Å². The molecule has 0 aromatic heterocycles. The molecule has 0 bridgehead atoms. The van der Waals surface area contributed by atoms with Crippen molar-refractivity contribution in [1.29, 1.82) is 0 Å². The van der Waals surface area contributed by atoms with Gasteiger partial charge in [0, 0.05) is 36.4 Å². The number of ether oxygens (including phenoxy) is 3. The van der Waals surface area contributed by atoms with Gasteiger partial charge in [-0.1, -0.05) is 18.2 Å². The molecule has 2 fully saturated rings. The van der Waals surface area contributed by atoms with Crippen LogP contribution in [-0.2, 0) is 14.3 Å². The highest BCUT2D eigenvalue weighted by Gasteiger charge is 2.64. The lowest BCUT2D eigenvalue weighted by atomic mass is 9.72. The highest BCUT2D eigenvalue weighted by atomic mass is 16.7. The van der Waals surface area contributed by atoms with E-state index in [1.807, 2.05) is 29.2 Å². The first-order valence-electron chi connectivity index (χ1n) is 12.5. The second-order valence-corrected chi connectivity index (χ2v) is 10.0. The molecular formula is C27H29N3O6. The summed E-state index contributed by atoms with van der Waals surface area (Å²) in [6.07, 6.45) is 2.18. The monoisotopic (exact) mass is 491 g/mol. The summed E-state index contributed by atoms with van der Waals surface area (Å²) in [5.74, 6) is -0.125. The second kappa shape index (κ2) is 8.43. The van der Waals surface area contributed by atoms with Crippen LogP contribution in [0.5, 0.6) is 11.5 Å². The van der Waals surface area contributed by atoms with Gasteiger partial charge in [0.25, 0.3) is 5.91 Å². The number of carbonyl (C=O) groups excluding carboxylic acids is 3. The summed E-state index contributed by atoms with van der Waals surface area (Å²) in [5, 5.41) is 2.90. The maximum absolute atomic E-state index is 14.2. The molecule has 0 spiro atoms. The van der Waals surface area contributed by atoms with Crippen molar-refractivity contribution >= 4 is 29.3 Å². The van der Waals surface area contributed by atoms with Gasteiger partial charge < -0.3 is 29.3 Å². The molecule has 6 rings (SSSR count). The maximum Gasteiger partial charge on any atom is 0.322 e. The van der Waals surface area contributed by atoms with Crippen LogP contribution in [0.4, 0.5) is 16.2 Å². The predicted octanol–water partition coefficient (Wildman–Crippen LogP) is 3.74. The molecule has 3 amide bonds. The standard InChI is InChI=1S/C27H29N3O6/c1-3-34-24(31)19-14-30(26(33)28-17-10-11-21-22(12-17)36-15-35-21)27(2)23(19)18-6-4-5-7-20(18)29(25(27)32)13-16-8-9-16/h4-7,10-12,16,19,23H,3,8-9,13-15H2,1-2H3,(H,28,33)/t19-,23+,27-/m0/s1. The molecule has 2 aromatic carbocycles. The van der Waals surface area contributed by atoms with Crippen LogP contribution >= 0.6 is 0 Å². The molecule has 4 aliphatic rings. The van der Waals surface area contributed by atoms with Gasteiger partial charge in [-0.15, -0.1) is 0 Å². The molecule has 2 aromatic rings. The Morgan fingerprint density at radius 2 is 1.92 bits per heavy atom. The fraction of sp³-hybridized carbons (Fsp3) is 0.444. The average Bonchev–Trinajstić information content (AvgIpc) is 3.46. The van der Waals surface area contributed by atoms with E-state index >= 15 is 0 Å². The van der Waals surface area contributed by atoms with Crippen molar-refractivity contribution < 1.29 is 28.6 Å². The molecule has 3 atom stereocenters. The first-order chi connectivity index (χ1) is 17.4. The van der Waals surface area contributed by atoms with Gasteiger partial charge in [0.15, 0.2) is 11.5 Å². The number of urea groups is 1. The van der Waals surface area contributed by atoms with E-state index in [9.17, 15) is 14.4 Å². The summed E-state index contributed by atoms with van der Waals surface area (Å²) in [4.78, 5) is 44.4. The number of para-hydroxylation sites is 1. The quantitative estimate of drug-likeness (QED) is 0.640. The number of likely N-dealkylation sites (tertiary alicyclic amines) is 1. The van der Waals surface area contributed by atoms with Crippen LogP contribution in [0.3, 0.4) is 0 Å². The van der Waals surface area contributed by atoms with Gasteiger partial charge in [0.2, 0.25) is 6.79 Å². The Bertz CT molecular complexity index is 1240. The van der Waals surface area contributed by atoms with Crippen LogP contribution < -0.4 is 19.7 Å². The van der Waals surface area contributed by atoms with E-state index in [1.165, 1.54) is 4.90 Å². The molecule has 36 heavy (non-hydrogen) atoms. The number of amides is 3. The van der Waals surface area contributed by atoms with Crippen LogP contribution in [0.25, 0.3) is 0 Å². The van der Waals surface area contributed by atoms with E-state index in [0.717, 1.165) is 24.1 Å². The molecular weight excluding hydrogens is 462 g/mol. The van der Waals surface area contributed by atoms with Gasteiger partial charge in [-0.25, -0.2) is 4.79 Å². The molecule has 1 saturated carbocycles. The van der Waals surface area contributed by atoms with Gasteiger partial charge >= 0.3 is 12.0 Å². The van der Waals surface area contributed by atoms with Crippen molar-refractivity contribution in [2.45, 2.75) is 38.1 Å². The Hall–Kier alpha value is -3.75. The Labute approximate surface area is 209 Å². The number of hydrogen-bond acceptors (Lipinski definition) is 6. The molecule has 3 aliphatic heterocycles. The van der Waals surface area contributed by atoms with Crippen molar-refractivity contribution in [3.05, 3.63) is 48.0 Å². The number of carbonyl (C=O) groups is 3. The molecule has 0 unspecified atom stereocenters. The minimum atomic E-state index is -1.25. The molecule has 9 nitrogen and oxygen atoms in total. The van der Waals surface area contributed by atoms with Crippen molar-refractivity contribution in [2.24, 2.45) is 11.8 Å². The van der Waals surface area contributed by atoms with Crippen LogP contribution in [-0.4, -0.2) is 54.8 Å². The molecule has 1 N–H and O–H groups in total. The summed E-state index contributed by atoms with van der Waals surface area (Å²) < 4.78 is 16.2. The van der Waals surface area contributed by atoms with Crippen molar-refractivity contribution in [1.82, 2.24) is 4.90 Å². The normalized spacial score (nSPS) is 25.9. The summed E-state index contributed by atoms with van der Waals surface area (Å²) >= 11 is 0. The zero-order valence-electron chi connectivity index (χ0n) is 20.4. The van der Waals surface area contributed by atoms with Crippen LogP contribution in [0.2, 0.25) is 0 Å². The zero-order chi connectivity index (χ0) is 25.0. The lowest BCUT2D eigenvalue weighted by molar-refractivity contribution is -0.148. The largest absolute Gasteiger partial charge is 0.466 e. The molecule has 188 valence electrons. The smallest absolute Gasteiger partial charge is 0.322 e. The van der Waals surface area contributed by atoms with Gasteiger partial charge in [0.05, 0.1) is 12.5 Å². The van der Waals surface area contributed by atoms with Crippen LogP contribution in [0.1, 0.15) is 38.2 Å². The fourth-order valence-electron chi connectivity index (χ4n) is 5.86. The van der Waals surface area contributed by atoms with Crippen LogP contribution in [0.15, 0.2) is 42.5 Å². The number of nitrogens with one attached hydrogen (secondary N) is 1. The van der Waals surface area contributed by atoms with Crippen molar-refractivity contribution in [3.8, 4) is 11.5 Å². The highest BCUT2D eigenvalue weighted by Crippen LogP contribution is 2.54. The molecule has 1 saturated heterocycles. The Morgan fingerprint density at radius 1 is 1.14 bits per heavy atom. The Kier molecular flexibility index (Phi) is 5.31. The van der Waals surface area contributed by atoms with E-state index < -0.39 is 29.4 Å². The average molecular weight is 492 g/mol. The third-order valence-corrected chi connectivity index (χ3v) is 7.78. The number of benzene rings is 2. The summed E-state index contributed by atoms with van der Waals surface area (Å²) in [7, 11) is 0.